The molecule has 0 radical (unpaired) electrons. The number of rotatable bonds is 3. The zero-order chi connectivity index (χ0) is 15.1. The molecule has 2 aliphatic heterocycles. The summed E-state index contributed by atoms with van der Waals surface area (Å²) in [7, 11) is 0. The van der Waals surface area contributed by atoms with Crippen molar-refractivity contribution in [3.05, 3.63) is 47.3 Å². The predicted octanol–water partition coefficient (Wildman–Crippen LogP) is 2.86. The van der Waals surface area contributed by atoms with Gasteiger partial charge in [-0.15, -0.1) is 0 Å². The average molecular weight is 297 g/mol. The number of fused-ring (bicyclic) bond motifs is 1. The molecule has 116 valence electrons. The summed E-state index contributed by atoms with van der Waals surface area (Å²) in [6.07, 6.45) is 0. The van der Waals surface area contributed by atoms with Gasteiger partial charge in [-0.05, 0) is 37.8 Å². The quantitative estimate of drug-likeness (QED) is 0.872. The van der Waals surface area contributed by atoms with Crippen LogP contribution in [0.25, 0.3) is 0 Å². The van der Waals surface area contributed by atoms with Crippen molar-refractivity contribution in [1.82, 2.24) is 10.1 Å². The van der Waals surface area contributed by atoms with E-state index >= 15 is 0 Å². The highest BCUT2D eigenvalue weighted by Gasteiger charge is 2.40. The van der Waals surface area contributed by atoms with E-state index in [2.05, 4.69) is 45.3 Å². The van der Waals surface area contributed by atoms with E-state index in [-0.39, 0.29) is 0 Å². The lowest BCUT2D eigenvalue weighted by Crippen LogP contribution is -2.28. The van der Waals surface area contributed by atoms with E-state index in [1.807, 2.05) is 13.8 Å². The summed E-state index contributed by atoms with van der Waals surface area (Å²) in [6, 6.07) is 10.8. The van der Waals surface area contributed by atoms with E-state index in [1.165, 1.54) is 37.4 Å². The summed E-state index contributed by atoms with van der Waals surface area (Å²) in [4.78, 5) is 5.12. The zero-order valence-corrected chi connectivity index (χ0v) is 13.3. The molecular formula is C18H23N3O. The Balaban J connectivity index is 1.40. The van der Waals surface area contributed by atoms with E-state index < -0.39 is 0 Å². The van der Waals surface area contributed by atoms with E-state index in [9.17, 15) is 0 Å². The molecule has 0 bridgehead atoms. The van der Waals surface area contributed by atoms with Crippen LogP contribution in [0, 0.1) is 25.7 Å². The Morgan fingerprint density at radius 2 is 1.73 bits per heavy atom. The molecule has 0 amide bonds. The lowest BCUT2D eigenvalue weighted by atomic mass is 10.0. The van der Waals surface area contributed by atoms with Gasteiger partial charge < -0.3 is 9.42 Å². The number of aryl methyl sites for hydroxylation is 2. The molecule has 2 unspecified atom stereocenters. The number of likely N-dealkylation sites (tertiary alicyclic amines) is 1. The van der Waals surface area contributed by atoms with Crippen LogP contribution in [0.4, 0.5) is 5.69 Å². The second-order valence-corrected chi connectivity index (χ2v) is 6.76. The molecule has 3 heterocycles. The third kappa shape index (κ3) is 2.41. The Bertz CT molecular complexity index is 618. The van der Waals surface area contributed by atoms with Crippen molar-refractivity contribution in [3.8, 4) is 0 Å². The Labute approximate surface area is 131 Å². The SMILES string of the molecule is Cc1noc(C)c1CN1CC2CN(c3ccccc3)CC2C1. The van der Waals surface area contributed by atoms with Crippen molar-refractivity contribution >= 4 is 5.69 Å². The summed E-state index contributed by atoms with van der Waals surface area (Å²) < 4.78 is 5.29. The zero-order valence-electron chi connectivity index (χ0n) is 13.3. The smallest absolute Gasteiger partial charge is 0.138 e. The fourth-order valence-corrected chi connectivity index (χ4v) is 4.02. The van der Waals surface area contributed by atoms with Gasteiger partial charge in [0.25, 0.3) is 0 Å². The molecule has 2 aromatic rings. The minimum absolute atomic E-state index is 0.792. The van der Waals surface area contributed by atoms with Gasteiger partial charge in [-0.2, -0.15) is 0 Å². The maximum Gasteiger partial charge on any atom is 0.138 e. The second-order valence-electron chi connectivity index (χ2n) is 6.76. The normalized spacial score (nSPS) is 24.9. The summed E-state index contributed by atoms with van der Waals surface area (Å²) >= 11 is 0. The van der Waals surface area contributed by atoms with E-state index in [4.69, 9.17) is 4.52 Å². The van der Waals surface area contributed by atoms with Gasteiger partial charge in [0.15, 0.2) is 0 Å². The summed E-state index contributed by atoms with van der Waals surface area (Å²) in [5, 5.41) is 4.07. The molecule has 22 heavy (non-hydrogen) atoms. The van der Waals surface area contributed by atoms with Gasteiger partial charge in [0.1, 0.15) is 5.76 Å². The first-order valence-electron chi connectivity index (χ1n) is 8.15. The van der Waals surface area contributed by atoms with Crippen molar-refractivity contribution < 1.29 is 4.52 Å². The first-order valence-corrected chi connectivity index (χ1v) is 8.15. The van der Waals surface area contributed by atoms with Crippen LogP contribution in [0.5, 0.6) is 0 Å². The molecule has 2 atom stereocenters. The highest BCUT2D eigenvalue weighted by molar-refractivity contribution is 5.47. The van der Waals surface area contributed by atoms with Crippen LogP contribution in [-0.2, 0) is 6.54 Å². The van der Waals surface area contributed by atoms with Crippen LogP contribution in [-0.4, -0.2) is 36.2 Å². The van der Waals surface area contributed by atoms with E-state index in [1.54, 1.807) is 0 Å². The van der Waals surface area contributed by atoms with Crippen molar-refractivity contribution in [2.75, 3.05) is 31.1 Å². The molecule has 0 spiro atoms. The van der Waals surface area contributed by atoms with Gasteiger partial charge in [-0.1, -0.05) is 23.4 Å². The number of hydrogen-bond donors (Lipinski definition) is 0. The lowest BCUT2D eigenvalue weighted by molar-refractivity contribution is 0.305. The minimum atomic E-state index is 0.792. The average Bonchev–Trinajstić information content (AvgIpc) is 3.17. The van der Waals surface area contributed by atoms with Crippen LogP contribution in [0.3, 0.4) is 0 Å². The van der Waals surface area contributed by atoms with Crippen LogP contribution in [0.15, 0.2) is 34.9 Å². The molecule has 2 fully saturated rings. The maximum atomic E-state index is 5.29. The largest absolute Gasteiger partial charge is 0.371 e. The van der Waals surface area contributed by atoms with Crippen molar-refractivity contribution in [3.63, 3.8) is 0 Å². The Morgan fingerprint density at radius 3 is 2.32 bits per heavy atom. The van der Waals surface area contributed by atoms with E-state index in [0.29, 0.717) is 0 Å². The van der Waals surface area contributed by atoms with Gasteiger partial charge in [-0.3, -0.25) is 4.90 Å². The number of hydrogen-bond acceptors (Lipinski definition) is 4. The maximum absolute atomic E-state index is 5.29. The van der Waals surface area contributed by atoms with Gasteiger partial charge in [0, 0.05) is 44.0 Å². The third-order valence-corrected chi connectivity index (χ3v) is 5.25. The fraction of sp³-hybridized carbons (Fsp3) is 0.500. The first-order chi connectivity index (χ1) is 10.7. The number of nitrogens with zero attached hydrogens (tertiary/aromatic N) is 3. The van der Waals surface area contributed by atoms with Gasteiger partial charge in [0.2, 0.25) is 0 Å². The van der Waals surface area contributed by atoms with Crippen molar-refractivity contribution in [2.24, 2.45) is 11.8 Å². The second kappa shape index (κ2) is 5.43. The molecule has 0 aliphatic carbocycles. The molecule has 1 aromatic carbocycles. The summed E-state index contributed by atoms with van der Waals surface area (Å²) in [5.41, 5.74) is 3.69. The number of benzene rings is 1. The monoisotopic (exact) mass is 297 g/mol. The molecule has 2 saturated heterocycles. The van der Waals surface area contributed by atoms with Crippen molar-refractivity contribution in [2.45, 2.75) is 20.4 Å². The third-order valence-electron chi connectivity index (χ3n) is 5.25. The number of para-hydroxylation sites is 1. The molecular weight excluding hydrogens is 274 g/mol. The number of anilines is 1. The highest BCUT2D eigenvalue weighted by atomic mass is 16.5. The molecule has 4 heteroatoms. The lowest BCUT2D eigenvalue weighted by Gasteiger charge is -2.23. The van der Waals surface area contributed by atoms with Gasteiger partial charge >= 0.3 is 0 Å². The van der Waals surface area contributed by atoms with Crippen LogP contribution in [0.1, 0.15) is 17.0 Å². The van der Waals surface area contributed by atoms with Crippen molar-refractivity contribution in [1.29, 1.82) is 0 Å². The standard InChI is InChI=1S/C18H23N3O/c1-13-18(14(2)22-19-13)12-20-8-15-10-21(11-16(15)9-20)17-6-4-3-5-7-17/h3-7,15-16H,8-12H2,1-2H3. The Hall–Kier alpha value is -1.81. The summed E-state index contributed by atoms with van der Waals surface area (Å²) in [6.45, 7) is 9.80. The van der Waals surface area contributed by atoms with Gasteiger partial charge in [0.05, 0.1) is 5.69 Å². The van der Waals surface area contributed by atoms with Crippen LogP contribution < -0.4 is 4.90 Å². The fourth-order valence-electron chi connectivity index (χ4n) is 4.02. The Morgan fingerprint density at radius 1 is 1.05 bits per heavy atom. The Kier molecular flexibility index (Phi) is 3.41. The number of aromatic nitrogens is 1. The first kappa shape index (κ1) is 13.8. The molecule has 1 aromatic heterocycles. The molecule has 4 nitrogen and oxygen atoms in total. The van der Waals surface area contributed by atoms with E-state index in [0.717, 1.165) is 29.8 Å². The molecule has 2 aliphatic rings. The molecule has 4 rings (SSSR count). The van der Waals surface area contributed by atoms with Gasteiger partial charge in [-0.25, -0.2) is 0 Å². The van der Waals surface area contributed by atoms with Crippen LogP contribution >= 0.6 is 0 Å². The molecule has 0 saturated carbocycles. The molecule has 0 N–H and O–H groups in total. The van der Waals surface area contributed by atoms with Crippen LogP contribution in [0.2, 0.25) is 0 Å². The minimum Gasteiger partial charge on any atom is -0.371 e. The topological polar surface area (TPSA) is 32.5 Å². The predicted molar refractivity (Wildman–Crippen MR) is 86.9 cm³/mol. The highest BCUT2D eigenvalue weighted by Crippen LogP contribution is 2.34. The summed E-state index contributed by atoms with van der Waals surface area (Å²) in [5.74, 6) is 2.56.